The van der Waals surface area contributed by atoms with Crippen LogP contribution in [0.2, 0.25) is 0 Å². The Morgan fingerprint density at radius 3 is 2.64 bits per heavy atom. The summed E-state index contributed by atoms with van der Waals surface area (Å²) in [5.41, 5.74) is 0.878. The first-order valence-corrected chi connectivity index (χ1v) is 8.51. The average molecular weight is 341 g/mol. The summed E-state index contributed by atoms with van der Waals surface area (Å²) in [4.78, 5) is 30.6. The van der Waals surface area contributed by atoms with Gasteiger partial charge in [0, 0.05) is 5.92 Å². The van der Waals surface area contributed by atoms with Crippen LogP contribution in [0.3, 0.4) is 0 Å². The van der Waals surface area contributed by atoms with Crippen LogP contribution in [0.25, 0.3) is 0 Å². The number of rotatable bonds is 6. The summed E-state index contributed by atoms with van der Waals surface area (Å²) < 4.78 is 5.38. The number of nitrogens with one attached hydrogen (secondary N) is 1. The fourth-order valence-electron chi connectivity index (χ4n) is 3.12. The molecule has 1 aliphatic rings. The summed E-state index contributed by atoms with van der Waals surface area (Å²) in [6.07, 6.45) is 2.63. The molecule has 6 nitrogen and oxygen atoms in total. The summed E-state index contributed by atoms with van der Waals surface area (Å²) in [5.74, 6) is 0.632. The van der Waals surface area contributed by atoms with E-state index >= 15 is 0 Å². The fraction of sp³-hybridized carbons (Fsp3) is 0.421. The molecular weight excluding hydrogens is 318 g/mol. The molecule has 0 saturated carbocycles. The lowest BCUT2D eigenvalue weighted by Gasteiger charge is -2.21. The molecular formula is C19H23N3O3. The van der Waals surface area contributed by atoms with Gasteiger partial charge in [0.25, 0.3) is 5.91 Å². The van der Waals surface area contributed by atoms with Crippen LogP contribution in [0, 0.1) is 0 Å². The third kappa shape index (κ3) is 3.43. The van der Waals surface area contributed by atoms with Crippen molar-refractivity contribution in [2.24, 2.45) is 0 Å². The van der Waals surface area contributed by atoms with Crippen molar-refractivity contribution in [3.8, 4) is 0 Å². The van der Waals surface area contributed by atoms with E-state index in [9.17, 15) is 9.59 Å². The smallest absolute Gasteiger partial charge is 0.325 e. The van der Waals surface area contributed by atoms with Crippen LogP contribution in [-0.4, -0.2) is 27.4 Å². The number of carbonyl (C=O) groups is 2. The number of hydrogen-bond donors (Lipinski definition) is 1. The summed E-state index contributed by atoms with van der Waals surface area (Å²) in [6.45, 7) is 5.89. The molecule has 1 saturated heterocycles. The van der Waals surface area contributed by atoms with Gasteiger partial charge in [0.2, 0.25) is 0 Å². The number of amides is 3. The molecule has 3 amide bonds. The van der Waals surface area contributed by atoms with Crippen LogP contribution < -0.4 is 5.32 Å². The molecule has 1 aromatic carbocycles. The van der Waals surface area contributed by atoms with Gasteiger partial charge in [-0.1, -0.05) is 44.2 Å². The van der Waals surface area contributed by atoms with Gasteiger partial charge in [-0.25, -0.2) is 9.78 Å². The Morgan fingerprint density at radius 2 is 1.96 bits per heavy atom. The van der Waals surface area contributed by atoms with Gasteiger partial charge in [0.15, 0.2) is 6.39 Å². The quantitative estimate of drug-likeness (QED) is 0.819. The van der Waals surface area contributed by atoms with Crippen LogP contribution >= 0.6 is 0 Å². The van der Waals surface area contributed by atoms with Crippen molar-refractivity contribution < 1.29 is 14.0 Å². The lowest BCUT2D eigenvalue weighted by Crippen LogP contribution is -2.44. The number of imide groups is 1. The highest BCUT2D eigenvalue weighted by Crippen LogP contribution is 2.26. The first-order chi connectivity index (χ1) is 11.9. The minimum atomic E-state index is -0.894. The van der Waals surface area contributed by atoms with E-state index < -0.39 is 5.54 Å². The molecule has 25 heavy (non-hydrogen) atoms. The molecule has 132 valence electrons. The minimum absolute atomic E-state index is 0.135. The van der Waals surface area contributed by atoms with Crippen LogP contribution in [0.15, 0.2) is 41.1 Å². The van der Waals surface area contributed by atoms with Crippen molar-refractivity contribution in [1.82, 2.24) is 15.2 Å². The summed E-state index contributed by atoms with van der Waals surface area (Å²) >= 11 is 0. The highest BCUT2D eigenvalue weighted by Gasteiger charge is 2.47. The minimum Gasteiger partial charge on any atom is -0.448 e. The second kappa shape index (κ2) is 6.70. The molecule has 0 aliphatic carbocycles. The molecule has 1 unspecified atom stereocenters. The van der Waals surface area contributed by atoms with Gasteiger partial charge in [0.1, 0.15) is 17.0 Å². The number of oxazole rings is 1. The number of aryl methyl sites for hydroxylation is 1. The highest BCUT2D eigenvalue weighted by atomic mass is 16.3. The van der Waals surface area contributed by atoms with Crippen molar-refractivity contribution >= 4 is 11.9 Å². The van der Waals surface area contributed by atoms with Crippen LogP contribution in [0.4, 0.5) is 4.79 Å². The molecule has 1 aromatic heterocycles. The predicted octanol–water partition coefficient (Wildman–Crippen LogP) is 3.24. The Bertz CT molecular complexity index is 769. The SMILES string of the molecule is CC(C)c1ocnc1CN1C(=O)NC(C)(CCc2ccccc2)C1=O. The van der Waals surface area contributed by atoms with Gasteiger partial charge in [-0.05, 0) is 25.3 Å². The lowest BCUT2D eigenvalue weighted by atomic mass is 9.93. The first-order valence-electron chi connectivity index (χ1n) is 8.51. The second-order valence-corrected chi connectivity index (χ2v) is 6.96. The zero-order chi connectivity index (χ0) is 18.0. The molecule has 6 heteroatoms. The van der Waals surface area contributed by atoms with Gasteiger partial charge < -0.3 is 9.73 Å². The molecule has 1 fully saturated rings. The number of aromatic nitrogens is 1. The molecule has 0 spiro atoms. The number of benzene rings is 1. The maximum Gasteiger partial charge on any atom is 0.325 e. The van der Waals surface area contributed by atoms with Crippen molar-refractivity contribution in [2.45, 2.75) is 51.6 Å². The average Bonchev–Trinajstić information content (AvgIpc) is 3.14. The van der Waals surface area contributed by atoms with E-state index in [1.165, 1.54) is 11.3 Å². The molecule has 3 rings (SSSR count). The van der Waals surface area contributed by atoms with Crippen molar-refractivity contribution in [2.75, 3.05) is 0 Å². The Balaban J connectivity index is 1.72. The number of hydrogen-bond acceptors (Lipinski definition) is 4. The van der Waals surface area contributed by atoms with Crippen molar-refractivity contribution in [3.63, 3.8) is 0 Å². The summed E-state index contributed by atoms with van der Waals surface area (Å²) in [7, 11) is 0. The summed E-state index contributed by atoms with van der Waals surface area (Å²) in [5, 5.41) is 2.84. The monoisotopic (exact) mass is 341 g/mol. The van der Waals surface area contributed by atoms with Crippen LogP contribution in [0.5, 0.6) is 0 Å². The van der Waals surface area contributed by atoms with E-state index in [4.69, 9.17) is 4.42 Å². The molecule has 1 N–H and O–H groups in total. The second-order valence-electron chi connectivity index (χ2n) is 6.96. The van der Waals surface area contributed by atoms with Gasteiger partial charge in [-0.15, -0.1) is 0 Å². The zero-order valence-corrected chi connectivity index (χ0v) is 14.8. The molecule has 0 bridgehead atoms. The van der Waals surface area contributed by atoms with Crippen LogP contribution in [-0.2, 0) is 17.8 Å². The van der Waals surface area contributed by atoms with Crippen molar-refractivity contribution in [1.29, 1.82) is 0 Å². The number of urea groups is 1. The van der Waals surface area contributed by atoms with E-state index in [0.29, 0.717) is 17.9 Å². The number of carbonyl (C=O) groups excluding carboxylic acids is 2. The summed E-state index contributed by atoms with van der Waals surface area (Å²) in [6, 6.07) is 9.56. The van der Waals surface area contributed by atoms with E-state index in [-0.39, 0.29) is 24.4 Å². The van der Waals surface area contributed by atoms with Crippen molar-refractivity contribution in [3.05, 3.63) is 53.7 Å². The largest absolute Gasteiger partial charge is 0.448 e. The first kappa shape index (κ1) is 17.2. The van der Waals surface area contributed by atoms with E-state index in [2.05, 4.69) is 10.3 Å². The number of nitrogens with zero attached hydrogens (tertiary/aromatic N) is 2. The fourth-order valence-corrected chi connectivity index (χ4v) is 3.12. The standard InChI is InChI=1S/C19H23N3O3/c1-13(2)16-15(20-12-25-16)11-22-17(23)19(3,21-18(22)24)10-9-14-7-5-4-6-8-14/h4-8,12-13H,9-11H2,1-3H3,(H,21,24). The maximum atomic E-state index is 12.9. The van der Waals surface area contributed by atoms with E-state index in [1.54, 1.807) is 6.92 Å². The Kier molecular flexibility index (Phi) is 4.61. The third-order valence-electron chi connectivity index (χ3n) is 4.61. The van der Waals surface area contributed by atoms with E-state index in [0.717, 1.165) is 12.0 Å². The third-order valence-corrected chi connectivity index (χ3v) is 4.61. The predicted molar refractivity (Wildman–Crippen MR) is 92.8 cm³/mol. The van der Waals surface area contributed by atoms with Gasteiger partial charge in [-0.2, -0.15) is 0 Å². The van der Waals surface area contributed by atoms with Gasteiger partial charge in [0.05, 0.1) is 6.54 Å². The lowest BCUT2D eigenvalue weighted by molar-refractivity contribution is -0.131. The molecule has 2 heterocycles. The normalized spacial score (nSPS) is 20.4. The maximum absolute atomic E-state index is 12.9. The van der Waals surface area contributed by atoms with E-state index in [1.807, 2.05) is 44.2 Å². The van der Waals surface area contributed by atoms with Crippen LogP contribution in [0.1, 0.15) is 50.1 Å². The Labute approximate surface area is 147 Å². The molecule has 1 aliphatic heterocycles. The Morgan fingerprint density at radius 1 is 1.24 bits per heavy atom. The zero-order valence-electron chi connectivity index (χ0n) is 14.8. The van der Waals surface area contributed by atoms with Gasteiger partial charge in [-0.3, -0.25) is 9.69 Å². The molecule has 2 aromatic rings. The topological polar surface area (TPSA) is 75.4 Å². The highest BCUT2D eigenvalue weighted by molar-refractivity contribution is 6.06. The molecule has 1 atom stereocenters. The Hall–Kier alpha value is -2.63. The molecule has 0 radical (unpaired) electrons. The van der Waals surface area contributed by atoms with Gasteiger partial charge >= 0.3 is 6.03 Å².